The third-order valence-corrected chi connectivity index (χ3v) is 4.12. The quantitative estimate of drug-likeness (QED) is 0.820. The van der Waals surface area contributed by atoms with Gasteiger partial charge >= 0.3 is 5.97 Å². The first-order valence-electron chi connectivity index (χ1n) is 6.57. The third kappa shape index (κ3) is 1.35. The van der Waals surface area contributed by atoms with Gasteiger partial charge in [0, 0.05) is 11.1 Å². The first kappa shape index (κ1) is 10.8. The Morgan fingerprint density at radius 3 is 3.05 bits per heavy atom. The van der Waals surface area contributed by atoms with Crippen LogP contribution in [-0.2, 0) is 11.2 Å². The topological polar surface area (TPSA) is 54.3 Å². The molecule has 1 aromatic heterocycles. The molecule has 0 aliphatic carbocycles. The van der Waals surface area contributed by atoms with Crippen molar-refractivity contribution in [3.05, 3.63) is 41.6 Å². The van der Waals surface area contributed by atoms with Gasteiger partial charge in [-0.3, -0.25) is 0 Å². The van der Waals surface area contributed by atoms with Crippen LogP contribution in [-0.4, -0.2) is 22.2 Å². The van der Waals surface area contributed by atoms with Gasteiger partial charge in [0.25, 0.3) is 0 Å². The van der Waals surface area contributed by atoms with E-state index >= 15 is 0 Å². The maximum absolute atomic E-state index is 11.5. The predicted octanol–water partition coefficient (Wildman–Crippen LogP) is 2.16. The Hall–Kier alpha value is -2.07. The van der Waals surface area contributed by atoms with Gasteiger partial charge in [-0.2, -0.15) is 0 Å². The number of nitrogens with one attached hydrogen (secondary N) is 1. The minimum Gasteiger partial charge on any atom is -0.477 e. The highest BCUT2D eigenvalue weighted by molar-refractivity contribution is 6.12. The van der Waals surface area contributed by atoms with Crippen LogP contribution in [0, 0.1) is 0 Å². The maximum Gasteiger partial charge on any atom is 0.352 e. The zero-order valence-corrected chi connectivity index (χ0v) is 10.4. The first-order chi connectivity index (χ1) is 9.27. The molecule has 0 radical (unpaired) electrons. The van der Waals surface area contributed by atoms with Crippen molar-refractivity contribution < 1.29 is 9.90 Å². The number of hydrogen-bond donors (Lipinski definition) is 2. The van der Waals surface area contributed by atoms with Crippen molar-refractivity contribution in [2.24, 2.45) is 0 Å². The number of aromatic nitrogens is 1. The summed E-state index contributed by atoms with van der Waals surface area (Å²) in [5, 5.41) is 14.1. The molecule has 2 N–H and O–H groups in total. The summed E-state index contributed by atoms with van der Waals surface area (Å²) in [5.74, 6) is -0.854. The zero-order valence-electron chi connectivity index (χ0n) is 10.4. The van der Waals surface area contributed by atoms with Crippen LogP contribution in [0.15, 0.2) is 30.3 Å². The lowest BCUT2D eigenvalue weighted by molar-refractivity contribution is -0.130. The molecule has 0 fully saturated rings. The van der Waals surface area contributed by atoms with E-state index in [1.165, 1.54) is 10.9 Å². The highest BCUT2D eigenvalue weighted by Gasteiger charge is 2.32. The van der Waals surface area contributed by atoms with Gasteiger partial charge in [0.15, 0.2) is 0 Å². The highest BCUT2D eigenvalue weighted by atomic mass is 16.4. The number of rotatable bonds is 1. The number of carboxylic acids is 1. The molecule has 2 aliphatic rings. The van der Waals surface area contributed by atoms with Crippen molar-refractivity contribution >= 4 is 22.6 Å². The molecule has 2 aliphatic heterocycles. The summed E-state index contributed by atoms with van der Waals surface area (Å²) in [6.45, 7) is 0.960. The van der Waals surface area contributed by atoms with Crippen LogP contribution in [0.3, 0.4) is 0 Å². The van der Waals surface area contributed by atoms with Crippen LogP contribution in [0.1, 0.15) is 23.7 Å². The molecule has 4 heteroatoms. The summed E-state index contributed by atoms with van der Waals surface area (Å²) < 4.78 is 1.92. The molecule has 0 saturated heterocycles. The lowest BCUT2D eigenvalue weighted by atomic mass is 9.95. The van der Waals surface area contributed by atoms with Crippen molar-refractivity contribution in [2.45, 2.75) is 18.9 Å². The van der Waals surface area contributed by atoms with Crippen LogP contribution >= 0.6 is 0 Å². The van der Waals surface area contributed by atoms with Crippen molar-refractivity contribution in [1.29, 1.82) is 0 Å². The first-order valence-corrected chi connectivity index (χ1v) is 6.57. The van der Waals surface area contributed by atoms with Gasteiger partial charge < -0.3 is 15.0 Å². The Balaban J connectivity index is 2.13. The second-order valence-electron chi connectivity index (χ2n) is 5.10. The number of carboxylic acid groups (broad SMARTS) is 1. The van der Waals surface area contributed by atoms with Crippen LogP contribution < -0.4 is 5.32 Å². The van der Waals surface area contributed by atoms with Crippen LogP contribution in [0.4, 0.5) is 0 Å². The summed E-state index contributed by atoms with van der Waals surface area (Å²) in [4.78, 5) is 11.5. The molecule has 1 unspecified atom stereocenters. The summed E-state index contributed by atoms with van der Waals surface area (Å²) in [6.07, 6.45) is 3.55. The van der Waals surface area contributed by atoms with Gasteiger partial charge in [0.2, 0.25) is 0 Å². The average molecular weight is 254 g/mol. The predicted molar refractivity (Wildman–Crippen MR) is 72.9 cm³/mol. The van der Waals surface area contributed by atoms with E-state index in [2.05, 4.69) is 11.4 Å². The number of fused-ring (bicyclic) bond motifs is 3. The molecule has 4 rings (SSSR count). The van der Waals surface area contributed by atoms with Crippen molar-refractivity contribution in [2.75, 3.05) is 6.54 Å². The summed E-state index contributed by atoms with van der Waals surface area (Å²) in [7, 11) is 0. The molecule has 19 heavy (non-hydrogen) atoms. The SMILES string of the molecule is O=C(O)C1=CCC2NCCc3c2n1c1ccccc31. The lowest BCUT2D eigenvalue weighted by Gasteiger charge is -2.29. The van der Waals surface area contributed by atoms with E-state index in [0.29, 0.717) is 5.70 Å². The third-order valence-electron chi connectivity index (χ3n) is 4.12. The Kier molecular flexibility index (Phi) is 2.11. The van der Waals surface area contributed by atoms with Gasteiger partial charge in [0.05, 0.1) is 11.6 Å². The zero-order chi connectivity index (χ0) is 13.0. The second kappa shape index (κ2) is 3.71. The lowest BCUT2D eigenvalue weighted by Crippen LogP contribution is -2.33. The number of nitrogens with zero attached hydrogens (tertiary/aromatic N) is 1. The Labute approximate surface area is 110 Å². The van der Waals surface area contributed by atoms with Gasteiger partial charge in [-0.25, -0.2) is 4.79 Å². The van der Waals surface area contributed by atoms with E-state index < -0.39 is 5.97 Å². The molecule has 96 valence electrons. The smallest absolute Gasteiger partial charge is 0.352 e. The van der Waals surface area contributed by atoms with E-state index in [4.69, 9.17) is 0 Å². The highest BCUT2D eigenvalue weighted by Crippen LogP contribution is 2.39. The molecule has 0 saturated carbocycles. The van der Waals surface area contributed by atoms with E-state index in [1.807, 2.05) is 28.8 Å². The fourth-order valence-electron chi connectivity index (χ4n) is 3.38. The number of para-hydroxylation sites is 1. The Morgan fingerprint density at radius 1 is 1.37 bits per heavy atom. The van der Waals surface area contributed by atoms with Crippen LogP contribution in [0.25, 0.3) is 16.6 Å². The van der Waals surface area contributed by atoms with Gasteiger partial charge in [-0.15, -0.1) is 0 Å². The normalized spacial score (nSPS) is 21.1. The molecule has 0 amide bonds. The van der Waals surface area contributed by atoms with Crippen LogP contribution in [0.5, 0.6) is 0 Å². The maximum atomic E-state index is 11.5. The molecule has 1 atom stereocenters. The summed E-state index contributed by atoms with van der Waals surface area (Å²) >= 11 is 0. The number of hydrogen-bond acceptors (Lipinski definition) is 2. The molecule has 2 aromatic rings. The minimum absolute atomic E-state index is 0.249. The van der Waals surface area contributed by atoms with Crippen molar-refractivity contribution in [3.63, 3.8) is 0 Å². The fraction of sp³-hybridized carbons (Fsp3) is 0.267. The molecule has 0 bridgehead atoms. The number of aliphatic carboxylic acids is 1. The summed E-state index contributed by atoms with van der Waals surface area (Å²) in [5.41, 5.74) is 3.85. The van der Waals surface area contributed by atoms with Gasteiger partial charge in [-0.05, 0) is 31.0 Å². The molecular formula is C15H14N2O2. The van der Waals surface area contributed by atoms with Gasteiger partial charge in [0.1, 0.15) is 5.70 Å². The fourth-order valence-corrected chi connectivity index (χ4v) is 3.38. The van der Waals surface area contributed by atoms with E-state index in [-0.39, 0.29) is 6.04 Å². The Bertz CT molecular complexity index is 727. The van der Waals surface area contributed by atoms with Gasteiger partial charge in [-0.1, -0.05) is 24.3 Å². The van der Waals surface area contributed by atoms with E-state index in [9.17, 15) is 9.90 Å². The molecule has 4 nitrogen and oxygen atoms in total. The van der Waals surface area contributed by atoms with E-state index in [0.717, 1.165) is 30.6 Å². The molecule has 3 heterocycles. The second-order valence-corrected chi connectivity index (χ2v) is 5.10. The molecular weight excluding hydrogens is 240 g/mol. The minimum atomic E-state index is -0.854. The van der Waals surface area contributed by atoms with Crippen LogP contribution in [0.2, 0.25) is 0 Å². The summed E-state index contributed by atoms with van der Waals surface area (Å²) in [6, 6.07) is 8.34. The van der Waals surface area contributed by atoms with Crippen molar-refractivity contribution in [1.82, 2.24) is 9.88 Å². The van der Waals surface area contributed by atoms with E-state index in [1.54, 1.807) is 0 Å². The average Bonchev–Trinajstić information content (AvgIpc) is 2.77. The number of benzene rings is 1. The molecule has 0 spiro atoms. The molecule has 1 aromatic carbocycles. The standard InChI is InChI=1S/C15H14N2O2/c18-15(19)13-6-5-11-14-10(7-8-16-11)9-3-1-2-4-12(9)17(13)14/h1-4,6,11,16H,5,7-8H2,(H,18,19). The monoisotopic (exact) mass is 254 g/mol. The Morgan fingerprint density at radius 2 is 2.21 bits per heavy atom. The van der Waals surface area contributed by atoms with Crippen molar-refractivity contribution in [3.8, 4) is 0 Å². The number of carbonyl (C=O) groups is 1. The largest absolute Gasteiger partial charge is 0.477 e.